The van der Waals surface area contributed by atoms with Crippen molar-refractivity contribution in [3.05, 3.63) is 0 Å². The average Bonchev–Trinajstić information content (AvgIpc) is 2.27. The molecule has 0 bridgehead atoms. The third kappa shape index (κ3) is 3.64. The van der Waals surface area contributed by atoms with Crippen molar-refractivity contribution in [3.8, 4) is 0 Å². The van der Waals surface area contributed by atoms with Crippen LogP contribution < -0.4 is 5.73 Å². The summed E-state index contributed by atoms with van der Waals surface area (Å²) < 4.78 is 0.425. The van der Waals surface area contributed by atoms with E-state index in [0.717, 1.165) is 12.5 Å². The summed E-state index contributed by atoms with van der Waals surface area (Å²) in [6.45, 7) is 11.8. The van der Waals surface area contributed by atoms with Crippen molar-refractivity contribution in [1.29, 1.82) is 0 Å². The van der Waals surface area contributed by atoms with Crippen molar-refractivity contribution in [2.75, 3.05) is 31.9 Å². The van der Waals surface area contributed by atoms with E-state index in [9.17, 15) is 0 Å². The molecule has 1 aliphatic carbocycles. The first-order valence-electron chi connectivity index (χ1n) is 7.51. The van der Waals surface area contributed by atoms with E-state index in [1.54, 1.807) is 0 Å². The van der Waals surface area contributed by atoms with Crippen LogP contribution in [0.2, 0.25) is 0 Å². The van der Waals surface area contributed by atoms with Gasteiger partial charge < -0.3 is 10.6 Å². The highest BCUT2D eigenvalue weighted by molar-refractivity contribution is 8.00. The third-order valence-electron chi connectivity index (χ3n) is 4.68. The highest BCUT2D eigenvalue weighted by Crippen LogP contribution is 2.40. The SMILES string of the molecule is CC1CCCC(CN)(CN2CCSC(C)(C)C2)C1. The molecule has 1 saturated heterocycles. The quantitative estimate of drug-likeness (QED) is 0.855. The lowest BCUT2D eigenvalue weighted by molar-refractivity contribution is 0.0857. The fraction of sp³-hybridized carbons (Fsp3) is 1.00. The second kappa shape index (κ2) is 5.72. The number of hydrogen-bond acceptors (Lipinski definition) is 3. The molecule has 0 radical (unpaired) electrons. The molecule has 2 rings (SSSR count). The molecule has 3 heteroatoms. The van der Waals surface area contributed by atoms with Crippen LogP contribution in [0.1, 0.15) is 46.5 Å². The Kier molecular flexibility index (Phi) is 4.66. The Hall–Kier alpha value is 0.270. The molecule has 2 fully saturated rings. The summed E-state index contributed by atoms with van der Waals surface area (Å²) >= 11 is 2.12. The molecule has 1 saturated carbocycles. The summed E-state index contributed by atoms with van der Waals surface area (Å²) in [5.41, 5.74) is 6.57. The largest absolute Gasteiger partial charge is 0.330 e. The van der Waals surface area contributed by atoms with Gasteiger partial charge in [-0.1, -0.05) is 19.8 Å². The maximum Gasteiger partial charge on any atom is 0.0231 e. The monoisotopic (exact) mass is 270 g/mol. The van der Waals surface area contributed by atoms with Gasteiger partial charge in [0.05, 0.1) is 0 Å². The maximum atomic E-state index is 6.15. The summed E-state index contributed by atoms with van der Waals surface area (Å²) in [5.74, 6) is 2.15. The van der Waals surface area contributed by atoms with Gasteiger partial charge in [-0.25, -0.2) is 0 Å². The minimum atomic E-state index is 0.412. The molecule has 2 nitrogen and oxygen atoms in total. The van der Waals surface area contributed by atoms with E-state index >= 15 is 0 Å². The van der Waals surface area contributed by atoms with E-state index in [1.165, 1.54) is 51.1 Å². The molecule has 0 aromatic heterocycles. The van der Waals surface area contributed by atoms with Gasteiger partial charge >= 0.3 is 0 Å². The zero-order chi connectivity index (χ0) is 13.2. The van der Waals surface area contributed by atoms with Gasteiger partial charge in [0.2, 0.25) is 0 Å². The maximum absolute atomic E-state index is 6.15. The molecule has 1 heterocycles. The first kappa shape index (κ1) is 14.7. The van der Waals surface area contributed by atoms with Gasteiger partial charge in [0, 0.05) is 30.1 Å². The minimum absolute atomic E-state index is 0.412. The van der Waals surface area contributed by atoms with E-state index in [-0.39, 0.29) is 0 Å². The highest BCUT2D eigenvalue weighted by Gasteiger charge is 2.37. The molecule has 0 spiro atoms. The van der Waals surface area contributed by atoms with E-state index in [2.05, 4.69) is 37.4 Å². The van der Waals surface area contributed by atoms with Gasteiger partial charge in [-0.2, -0.15) is 11.8 Å². The van der Waals surface area contributed by atoms with Gasteiger partial charge in [0.1, 0.15) is 0 Å². The molecule has 0 amide bonds. The second-order valence-electron chi connectivity index (χ2n) is 7.22. The van der Waals surface area contributed by atoms with Crippen LogP contribution >= 0.6 is 11.8 Å². The molecule has 2 atom stereocenters. The van der Waals surface area contributed by atoms with Crippen LogP contribution in [-0.4, -0.2) is 41.6 Å². The molecule has 2 N–H and O–H groups in total. The Morgan fingerprint density at radius 1 is 1.39 bits per heavy atom. The number of nitrogens with zero attached hydrogens (tertiary/aromatic N) is 1. The summed E-state index contributed by atoms with van der Waals surface area (Å²) in [6.07, 6.45) is 5.47. The van der Waals surface area contributed by atoms with Gasteiger partial charge in [-0.15, -0.1) is 0 Å². The predicted octanol–water partition coefficient (Wildman–Crippen LogP) is 2.97. The number of hydrogen-bond donors (Lipinski definition) is 1. The predicted molar refractivity (Wildman–Crippen MR) is 82.1 cm³/mol. The normalized spacial score (nSPS) is 37.7. The van der Waals surface area contributed by atoms with Crippen molar-refractivity contribution in [2.24, 2.45) is 17.1 Å². The van der Waals surface area contributed by atoms with Crippen LogP contribution in [0.3, 0.4) is 0 Å². The molecule has 106 valence electrons. The molecular formula is C15H30N2S. The Morgan fingerprint density at radius 2 is 2.17 bits per heavy atom. The van der Waals surface area contributed by atoms with E-state index < -0.39 is 0 Å². The smallest absolute Gasteiger partial charge is 0.0231 e. The average molecular weight is 270 g/mol. The van der Waals surface area contributed by atoms with Crippen LogP contribution in [0.5, 0.6) is 0 Å². The summed E-state index contributed by atoms with van der Waals surface area (Å²) in [4.78, 5) is 2.68. The lowest BCUT2D eigenvalue weighted by Gasteiger charge is -2.46. The molecule has 0 aromatic carbocycles. The first-order chi connectivity index (χ1) is 8.45. The van der Waals surface area contributed by atoms with Crippen molar-refractivity contribution in [1.82, 2.24) is 4.90 Å². The fourth-order valence-electron chi connectivity index (χ4n) is 3.89. The van der Waals surface area contributed by atoms with E-state index in [0.29, 0.717) is 10.2 Å². The van der Waals surface area contributed by atoms with Crippen molar-refractivity contribution in [2.45, 2.75) is 51.2 Å². The van der Waals surface area contributed by atoms with Crippen LogP contribution in [0.4, 0.5) is 0 Å². The zero-order valence-corrected chi connectivity index (χ0v) is 13.2. The van der Waals surface area contributed by atoms with Crippen LogP contribution in [-0.2, 0) is 0 Å². The number of nitrogens with two attached hydrogens (primary N) is 1. The lowest BCUT2D eigenvalue weighted by Crippen LogP contribution is -2.51. The first-order valence-corrected chi connectivity index (χ1v) is 8.50. The summed E-state index contributed by atoms with van der Waals surface area (Å²) in [5, 5.41) is 0. The lowest BCUT2D eigenvalue weighted by atomic mass is 9.69. The van der Waals surface area contributed by atoms with Crippen molar-refractivity contribution >= 4 is 11.8 Å². The van der Waals surface area contributed by atoms with Crippen molar-refractivity contribution < 1.29 is 0 Å². The Balaban J connectivity index is 1.97. The molecular weight excluding hydrogens is 240 g/mol. The van der Waals surface area contributed by atoms with Gasteiger partial charge in [-0.05, 0) is 44.6 Å². The summed E-state index contributed by atoms with van der Waals surface area (Å²) in [7, 11) is 0. The standard InChI is InChI=1S/C15H30N2S/c1-13-5-4-6-15(9-13,10-16)12-17-7-8-18-14(2,3)11-17/h13H,4-12,16H2,1-3H3. The highest BCUT2D eigenvalue weighted by atomic mass is 32.2. The Morgan fingerprint density at radius 3 is 2.78 bits per heavy atom. The molecule has 18 heavy (non-hydrogen) atoms. The third-order valence-corrected chi connectivity index (χ3v) is 5.98. The van der Waals surface area contributed by atoms with Gasteiger partial charge in [-0.3, -0.25) is 0 Å². The van der Waals surface area contributed by atoms with Crippen molar-refractivity contribution in [3.63, 3.8) is 0 Å². The second-order valence-corrected chi connectivity index (χ2v) is 9.03. The number of rotatable bonds is 3. The fourth-order valence-corrected chi connectivity index (χ4v) is 5.06. The van der Waals surface area contributed by atoms with Crippen LogP contribution in [0.15, 0.2) is 0 Å². The van der Waals surface area contributed by atoms with Crippen LogP contribution in [0, 0.1) is 11.3 Å². The number of thioether (sulfide) groups is 1. The Labute approximate surface area is 117 Å². The van der Waals surface area contributed by atoms with E-state index in [4.69, 9.17) is 5.73 Å². The molecule has 1 aliphatic heterocycles. The topological polar surface area (TPSA) is 29.3 Å². The Bertz CT molecular complexity index is 280. The summed E-state index contributed by atoms with van der Waals surface area (Å²) in [6, 6.07) is 0. The molecule has 0 aromatic rings. The van der Waals surface area contributed by atoms with Gasteiger partial charge in [0.25, 0.3) is 0 Å². The zero-order valence-electron chi connectivity index (χ0n) is 12.4. The van der Waals surface area contributed by atoms with Crippen LogP contribution in [0.25, 0.3) is 0 Å². The van der Waals surface area contributed by atoms with Gasteiger partial charge in [0.15, 0.2) is 0 Å². The molecule has 2 aliphatic rings. The van der Waals surface area contributed by atoms with E-state index in [1.807, 2.05) is 0 Å². The molecule has 2 unspecified atom stereocenters. The minimum Gasteiger partial charge on any atom is -0.330 e.